The Morgan fingerprint density at radius 3 is 2.90 bits per heavy atom. The molecule has 114 valence electrons. The third kappa shape index (κ3) is 4.42. The molecule has 0 saturated carbocycles. The summed E-state index contributed by atoms with van der Waals surface area (Å²) in [7, 11) is 0. The molecule has 2 rings (SSSR count). The largest absolute Gasteiger partial charge is 0.481 e. The summed E-state index contributed by atoms with van der Waals surface area (Å²) in [5.41, 5.74) is 0.966. The number of amides is 2. The standard InChI is InChI=1S/C14H19N3O4/c1-10(11-2-4-15-5-3-11)16-14(20)17-6-7-21-12(9-17)8-13(18)19/h2-5,10,12H,6-9H2,1H3,(H,16,20)(H,18,19). The van der Waals surface area contributed by atoms with Gasteiger partial charge in [-0.15, -0.1) is 0 Å². The van der Waals surface area contributed by atoms with Gasteiger partial charge in [-0.25, -0.2) is 4.79 Å². The summed E-state index contributed by atoms with van der Waals surface area (Å²) in [6, 6.07) is 3.34. The van der Waals surface area contributed by atoms with Gasteiger partial charge in [0.05, 0.1) is 25.2 Å². The van der Waals surface area contributed by atoms with Crippen LogP contribution < -0.4 is 5.32 Å². The minimum atomic E-state index is -0.924. The monoisotopic (exact) mass is 293 g/mol. The van der Waals surface area contributed by atoms with E-state index in [9.17, 15) is 9.59 Å². The highest BCUT2D eigenvalue weighted by Gasteiger charge is 2.26. The van der Waals surface area contributed by atoms with Crippen molar-refractivity contribution in [3.8, 4) is 0 Å². The molecule has 1 saturated heterocycles. The van der Waals surface area contributed by atoms with E-state index >= 15 is 0 Å². The van der Waals surface area contributed by atoms with Gasteiger partial charge >= 0.3 is 12.0 Å². The predicted molar refractivity (Wildman–Crippen MR) is 74.7 cm³/mol. The molecule has 2 atom stereocenters. The molecule has 1 fully saturated rings. The van der Waals surface area contributed by atoms with Gasteiger partial charge in [0.2, 0.25) is 0 Å². The van der Waals surface area contributed by atoms with Crippen LogP contribution in [0.1, 0.15) is 24.9 Å². The Morgan fingerprint density at radius 1 is 1.52 bits per heavy atom. The van der Waals surface area contributed by atoms with Gasteiger partial charge in [0.15, 0.2) is 0 Å². The van der Waals surface area contributed by atoms with E-state index in [1.54, 1.807) is 17.3 Å². The van der Waals surface area contributed by atoms with Crippen molar-refractivity contribution in [3.63, 3.8) is 0 Å². The van der Waals surface area contributed by atoms with E-state index in [-0.39, 0.29) is 18.5 Å². The van der Waals surface area contributed by atoms with Crippen molar-refractivity contribution in [2.45, 2.75) is 25.5 Å². The zero-order valence-corrected chi connectivity index (χ0v) is 11.9. The molecule has 2 amide bonds. The van der Waals surface area contributed by atoms with Gasteiger partial charge in [-0.05, 0) is 24.6 Å². The quantitative estimate of drug-likeness (QED) is 0.865. The van der Waals surface area contributed by atoms with E-state index in [0.29, 0.717) is 19.7 Å². The molecular formula is C14H19N3O4. The molecular weight excluding hydrogens is 274 g/mol. The smallest absolute Gasteiger partial charge is 0.318 e. The Balaban J connectivity index is 1.89. The Kier molecular flexibility index (Phi) is 5.10. The molecule has 0 bridgehead atoms. The van der Waals surface area contributed by atoms with Crippen molar-refractivity contribution in [3.05, 3.63) is 30.1 Å². The number of aliphatic carboxylic acids is 1. The second kappa shape index (κ2) is 7.03. The highest BCUT2D eigenvalue weighted by atomic mass is 16.5. The van der Waals surface area contributed by atoms with Crippen molar-refractivity contribution in [2.24, 2.45) is 0 Å². The minimum absolute atomic E-state index is 0.0936. The average molecular weight is 293 g/mol. The molecule has 21 heavy (non-hydrogen) atoms. The number of hydrogen-bond acceptors (Lipinski definition) is 4. The van der Waals surface area contributed by atoms with Gasteiger partial charge in [-0.2, -0.15) is 0 Å². The van der Waals surface area contributed by atoms with E-state index in [4.69, 9.17) is 9.84 Å². The van der Waals surface area contributed by atoms with Crippen LogP contribution in [0.4, 0.5) is 4.79 Å². The molecule has 1 aliphatic rings. The van der Waals surface area contributed by atoms with Crippen LogP contribution in [0.25, 0.3) is 0 Å². The average Bonchev–Trinajstić information content (AvgIpc) is 2.47. The molecule has 0 aliphatic carbocycles. The van der Waals surface area contributed by atoms with E-state index in [1.165, 1.54) is 0 Å². The Labute approximate surface area is 122 Å². The van der Waals surface area contributed by atoms with Crippen LogP contribution in [-0.2, 0) is 9.53 Å². The number of urea groups is 1. The van der Waals surface area contributed by atoms with Gasteiger partial charge < -0.3 is 20.1 Å². The highest BCUT2D eigenvalue weighted by molar-refractivity contribution is 5.75. The maximum Gasteiger partial charge on any atom is 0.318 e. The Morgan fingerprint density at radius 2 is 2.24 bits per heavy atom. The first-order valence-corrected chi connectivity index (χ1v) is 6.85. The number of nitrogens with one attached hydrogen (secondary N) is 1. The molecule has 7 nitrogen and oxygen atoms in total. The molecule has 1 aliphatic heterocycles. The zero-order valence-electron chi connectivity index (χ0n) is 11.9. The van der Waals surface area contributed by atoms with Crippen LogP contribution >= 0.6 is 0 Å². The Bertz CT molecular complexity index is 494. The molecule has 0 aromatic carbocycles. The van der Waals surface area contributed by atoms with Crippen LogP contribution in [0.5, 0.6) is 0 Å². The summed E-state index contributed by atoms with van der Waals surface area (Å²) in [6.45, 7) is 3.00. The van der Waals surface area contributed by atoms with E-state index < -0.39 is 12.1 Å². The fourth-order valence-electron chi connectivity index (χ4n) is 2.23. The molecule has 2 unspecified atom stereocenters. The molecule has 2 N–H and O–H groups in total. The number of rotatable bonds is 4. The fraction of sp³-hybridized carbons (Fsp3) is 0.500. The summed E-state index contributed by atoms with van der Waals surface area (Å²) < 4.78 is 5.35. The molecule has 7 heteroatoms. The number of ether oxygens (including phenoxy) is 1. The number of carboxylic acids is 1. The van der Waals surface area contributed by atoms with Crippen LogP contribution in [0, 0.1) is 0 Å². The highest BCUT2D eigenvalue weighted by Crippen LogP contribution is 2.13. The number of aromatic nitrogens is 1. The van der Waals surface area contributed by atoms with Gasteiger partial charge in [0, 0.05) is 25.5 Å². The zero-order chi connectivity index (χ0) is 15.2. The first-order valence-electron chi connectivity index (χ1n) is 6.85. The van der Waals surface area contributed by atoms with E-state index in [2.05, 4.69) is 10.3 Å². The first kappa shape index (κ1) is 15.2. The lowest BCUT2D eigenvalue weighted by Crippen LogP contribution is -2.50. The number of carbonyl (C=O) groups is 2. The van der Waals surface area contributed by atoms with Crippen LogP contribution in [0.15, 0.2) is 24.5 Å². The molecule has 2 heterocycles. The van der Waals surface area contributed by atoms with Crippen molar-refractivity contribution < 1.29 is 19.4 Å². The van der Waals surface area contributed by atoms with E-state index in [1.807, 2.05) is 19.1 Å². The van der Waals surface area contributed by atoms with Crippen LogP contribution in [0.2, 0.25) is 0 Å². The molecule has 0 radical (unpaired) electrons. The van der Waals surface area contributed by atoms with Crippen molar-refractivity contribution in [1.29, 1.82) is 0 Å². The summed E-state index contributed by atoms with van der Waals surface area (Å²) in [6.07, 6.45) is 2.81. The summed E-state index contributed by atoms with van der Waals surface area (Å²) in [5, 5.41) is 11.7. The van der Waals surface area contributed by atoms with Crippen LogP contribution in [-0.4, -0.2) is 52.8 Å². The van der Waals surface area contributed by atoms with Gasteiger partial charge in [0.25, 0.3) is 0 Å². The van der Waals surface area contributed by atoms with Gasteiger partial charge in [0.1, 0.15) is 0 Å². The summed E-state index contributed by atoms with van der Waals surface area (Å²) in [4.78, 5) is 28.4. The second-order valence-electron chi connectivity index (χ2n) is 4.99. The van der Waals surface area contributed by atoms with Crippen LogP contribution in [0.3, 0.4) is 0 Å². The topological polar surface area (TPSA) is 91.8 Å². The number of carbonyl (C=O) groups excluding carboxylic acids is 1. The lowest BCUT2D eigenvalue weighted by Gasteiger charge is -2.33. The van der Waals surface area contributed by atoms with Crippen molar-refractivity contribution >= 4 is 12.0 Å². The van der Waals surface area contributed by atoms with Crippen molar-refractivity contribution in [2.75, 3.05) is 19.7 Å². The van der Waals surface area contributed by atoms with Gasteiger partial charge in [-0.1, -0.05) is 0 Å². The number of pyridine rings is 1. The molecule has 1 aromatic rings. The SMILES string of the molecule is CC(NC(=O)N1CCOC(CC(=O)O)C1)c1ccncc1. The number of nitrogens with zero attached hydrogens (tertiary/aromatic N) is 2. The lowest BCUT2D eigenvalue weighted by atomic mass is 10.1. The molecule has 1 aromatic heterocycles. The maximum absolute atomic E-state index is 12.2. The minimum Gasteiger partial charge on any atom is -0.481 e. The second-order valence-corrected chi connectivity index (χ2v) is 4.99. The normalized spacial score (nSPS) is 19.9. The predicted octanol–water partition coefficient (Wildman–Crippen LogP) is 1.03. The number of morpholine rings is 1. The number of hydrogen-bond donors (Lipinski definition) is 2. The maximum atomic E-state index is 12.2. The molecule has 0 spiro atoms. The van der Waals surface area contributed by atoms with Gasteiger partial charge in [-0.3, -0.25) is 9.78 Å². The third-order valence-corrected chi connectivity index (χ3v) is 3.37. The summed E-state index contributed by atoms with van der Waals surface area (Å²) >= 11 is 0. The summed E-state index contributed by atoms with van der Waals surface area (Å²) in [5.74, 6) is -0.924. The third-order valence-electron chi connectivity index (χ3n) is 3.37. The first-order chi connectivity index (χ1) is 10.1. The van der Waals surface area contributed by atoms with E-state index in [0.717, 1.165) is 5.56 Å². The fourth-order valence-corrected chi connectivity index (χ4v) is 2.23. The Hall–Kier alpha value is -2.15. The lowest BCUT2D eigenvalue weighted by molar-refractivity contribution is -0.141. The van der Waals surface area contributed by atoms with Crippen molar-refractivity contribution in [1.82, 2.24) is 15.2 Å². The number of carboxylic acid groups (broad SMARTS) is 1.